The molecule has 1 aromatic carbocycles. The molecule has 0 fully saturated rings. The summed E-state index contributed by atoms with van der Waals surface area (Å²) in [4.78, 5) is 26.1. The number of nitrogens with two attached hydrogens (primary N) is 1. The van der Waals surface area contributed by atoms with Crippen molar-refractivity contribution in [1.29, 1.82) is 0 Å². The number of sulfone groups is 1. The monoisotopic (exact) mass is 475 g/mol. The number of pyridine rings is 3. The van der Waals surface area contributed by atoms with Crippen LogP contribution >= 0.6 is 0 Å². The van der Waals surface area contributed by atoms with E-state index in [1.165, 1.54) is 6.26 Å². The summed E-state index contributed by atoms with van der Waals surface area (Å²) < 4.78 is 23.7. The SMILES string of the molecule is Cc1cc(N)nc(C)c1CNC(=O)c1ccnc(Cc2cnc3ccc(S(C)(=O)=O)cc3c2)c1. The third-order valence-electron chi connectivity index (χ3n) is 5.60. The highest BCUT2D eigenvalue weighted by molar-refractivity contribution is 7.90. The first kappa shape index (κ1) is 23.3. The smallest absolute Gasteiger partial charge is 0.251 e. The second-order valence-electron chi connectivity index (χ2n) is 8.29. The van der Waals surface area contributed by atoms with Gasteiger partial charge in [-0.1, -0.05) is 0 Å². The Kier molecular flexibility index (Phi) is 6.30. The summed E-state index contributed by atoms with van der Waals surface area (Å²) in [5, 5.41) is 3.67. The van der Waals surface area contributed by atoms with E-state index in [2.05, 4.69) is 20.3 Å². The van der Waals surface area contributed by atoms with Gasteiger partial charge in [0, 0.05) is 54.0 Å². The molecule has 3 heterocycles. The first-order valence-electron chi connectivity index (χ1n) is 10.6. The lowest BCUT2D eigenvalue weighted by molar-refractivity contribution is 0.0950. The fraction of sp³-hybridized carbons (Fsp3) is 0.200. The van der Waals surface area contributed by atoms with Gasteiger partial charge in [0.1, 0.15) is 5.82 Å². The van der Waals surface area contributed by atoms with Gasteiger partial charge in [-0.15, -0.1) is 0 Å². The van der Waals surface area contributed by atoms with Crippen LogP contribution in [0.4, 0.5) is 5.82 Å². The standard InChI is InChI=1S/C25H25N5O3S/c1-15-8-24(26)30-16(2)22(15)14-29-25(31)18-6-7-27-20(11-18)10-17-9-19-12-21(34(3,32)33)4-5-23(19)28-13-17/h4-9,11-13H,10,14H2,1-3H3,(H2,26,30)(H,29,31). The molecule has 0 radical (unpaired) electrons. The van der Waals surface area contributed by atoms with Crippen molar-refractivity contribution < 1.29 is 13.2 Å². The number of fused-ring (bicyclic) bond motifs is 1. The van der Waals surface area contributed by atoms with Gasteiger partial charge in [0.25, 0.3) is 5.91 Å². The molecular formula is C25H25N5O3S. The van der Waals surface area contributed by atoms with Crippen LogP contribution < -0.4 is 11.1 Å². The van der Waals surface area contributed by atoms with E-state index >= 15 is 0 Å². The van der Waals surface area contributed by atoms with E-state index in [1.54, 1.807) is 48.8 Å². The van der Waals surface area contributed by atoms with Crippen LogP contribution in [-0.4, -0.2) is 35.5 Å². The normalized spacial score (nSPS) is 11.5. The van der Waals surface area contributed by atoms with Gasteiger partial charge in [-0.2, -0.15) is 0 Å². The van der Waals surface area contributed by atoms with Crippen molar-refractivity contribution in [2.45, 2.75) is 31.7 Å². The molecule has 0 spiro atoms. The summed E-state index contributed by atoms with van der Waals surface area (Å²) in [7, 11) is -3.31. The second kappa shape index (κ2) is 9.18. The van der Waals surface area contributed by atoms with E-state index in [1.807, 2.05) is 19.9 Å². The predicted molar refractivity (Wildman–Crippen MR) is 131 cm³/mol. The Hall–Kier alpha value is -3.85. The number of hydrogen-bond acceptors (Lipinski definition) is 7. The van der Waals surface area contributed by atoms with Gasteiger partial charge in [-0.05, 0) is 73.0 Å². The zero-order valence-corrected chi connectivity index (χ0v) is 20.0. The lowest BCUT2D eigenvalue weighted by atomic mass is 10.1. The number of benzene rings is 1. The van der Waals surface area contributed by atoms with Crippen molar-refractivity contribution >= 4 is 32.5 Å². The fourth-order valence-corrected chi connectivity index (χ4v) is 4.49. The highest BCUT2D eigenvalue weighted by Crippen LogP contribution is 2.20. The molecule has 3 aromatic heterocycles. The van der Waals surface area contributed by atoms with Crippen LogP contribution in [0.5, 0.6) is 0 Å². The van der Waals surface area contributed by atoms with E-state index in [9.17, 15) is 13.2 Å². The van der Waals surface area contributed by atoms with Crippen LogP contribution in [0.1, 0.15) is 38.4 Å². The molecule has 0 aliphatic rings. The number of carbonyl (C=O) groups is 1. The van der Waals surface area contributed by atoms with Crippen molar-refractivity contribution in [3.8, 4) is 0 Å². The Morgan fingerprint density at radius 3 is 2.59 bits per heavy atom. The van der Waals surface area contributed by atoms with Gasteiger partial charge in [0.15, 0.2) is 9.84 Å². The van der Waals surface area contributed by atoms with Crippen LogP contribution in [0.15, 0.2) is 59.8 Å². The summed E-state index contributed by atoms with van der Waals surface area (Å²) >= 11 is 0. The summed E-state index contributed by atoms with van der Waals surface area (Å²) in [6.07, 6.45) is 4.96. The maximum atomic E-state index is 12.8. The Morgan fingerprint density at radius 1 is 1.06 bits per heavy atom. The Balaban J connectivity index is 1.51. The van der Waals surface area contributed by atoms with Gasteiger partial charge in [0.05, 0.1) is 10.4 Å². The maximum Gasteiger partial charge on any atom is 0.251 e. The minimum Gasteiger partial charge on any atom is -0.384 e. The van der Waals surface area contributed by atoms with Gasteiger partial charge >= 0.3 is 0 Å². The van der Waals surface area contributed by atoms with Crippen molar-refractivity contribution in [3.63, 3.8) is 0 Å². The highest BCUT2D eigenvalue weighted by atomic mass is 32.2. The first-order valence-corrected chi connectivity index (χ1v) is 12.5. The molecule has 174 valence electrons. The molecule has 0 aliphatic carbocycles. The third-order valence-corrected chi connectivity index (χ3v) is 6.71. The summed E-state index contributed by atoms with van der Waals surface area (Å²) in [5.74, 6) is 0.244. The number of carbonyl (C=O) groups excluding carboxylic acids is 1. The van der Waals surface area contributed by atoms with Gasteiger partial charge < -0.3 is 11.1 Å². The minimum atomic E-state index is -3.31. The molecule has 0 bridgehead atoms. The van der Waals surface area contributed by atoms with Crippen LogP contribution in [-0.2, 0) is 22.8 Å². The molecule has 34 heavy (non-hydrogen) atoms. The molecule has 0 saturated carbocycles. The molecule has 0 aliphatic heterocycles. The lowest BCUT2D eigenvalue weighted by Gasteiger charge is -2.12. The van der Waals surface area contributed by atoms with E-state index in [4.69, 9.17) is 5.73 Å². The zero-order chi connectivity index (χ0) is 24.5. The molecule has 1 amide bonds. The maximum absolute atomic E-state index is 12.8. The van der Waals surface area contributed by atoms with Crippen LogP contribution in [0, 0.1) is 13.8 Å². The van der Waals surface area contributed by atoms with E-state index in [-0.39, 0.29) is 10.8 Å². The topological polar surface area (TPSA) is 128 Å². The first-order chi connectivity index (χ1) is 16.1. The molecule has 8 nitrogen and oxygen atoms in total. The third kappa shape index (κ3) is 5.20. The number of nitrogens with zero attached hydrogens (tertiary/aromatic N) is 3. The van der Waals surface area contributed by atoms with E-state index in [0.29, 0.717) is 35.6 Å². The Bertz CT molecular complexity index is 1490. The average molecular weight is 476 g/mol. The van der Waals surface area contributed by atoms with Crippen molar-refractivity contribution in [2.24, 2.45) is 0 Å². The zero-order valence-electron chi connectivity index (χ0n) is 19.2. The number of hydrogen-bond donors (Lipinski definition) is 2. The molecule has 0 saturated heterocycles. The summed E-state index contributed by atoms with van der Waals surface area (Å²) in [6, 6.07) is 12.0. The Labute approximate surface area is 198 Å². The minimum absolute atomic E-state index is 0.214. The number of rotatable bonds is 6. The van der Waals surface area contributed by atoms with Crippen LogP contribution in [0.3, 0.4) is 0 Å². The molecule has 4 rings (SSSR count). The lowest BCUT2D eigenvalue weighted by Crippen LogP contribution is -2.24. The molecule has 4 aromatic rings. The fourth-order valence-electron chi connectivity index (χ4n) is 3.83. The Morgan fingerprint density at radius 2 is 1.85 bits per heavy atom. The van der Waals surface area contributed by atoms with Gasteiger partial charge in [0.2, 0.25) is 0 Å². The number of nitrogen functional groups attached to an aromatic ring is 1. The highest BCUT2D eigenvalue weighted by Gasteiger charge is 2.12. The molecule has 0 atom stereocenters. The average Bonchev–Trinajstić information content (AvgIpc) is 2.77. The van der Waals surface area contributed by atoms with Crippen molar-refractivity contribution in [3.05, 3.63) is 88.5 Å². The summed E-state index contributed by atoms with van der Waals surface area (Å²) in [6.45, 7) is 4.15. The van der Waals surface area contributed by atoms with Crippen molar-refractivity contribution in [2.75, 3.05) is 12.0 Å². The summed E-state index contributed by atoms with van der Waals surface area (Å²) in [5.41, 5.74) is 11.2. The largest absolute Gasteiger partial charge is 0.384 e. The van der Waals surface area contributed by atoms with Crippen LogP contribution in [0.25, 0.3) is 10.9 Å². The number of aryl methyl sites for hydroxylation is 2. The molecule has 3 N–H and O–H groups in total. The number of aromatic nitrogens is 3. The number of amides is 1. The molecular weight excluding hydrogens is 450 g/mol. The van der Waals surface area contributed by atoms with Crippen LogP contribution in [0.2, 0.25) is 0 Å². The number of nitrogens with one attached hydrogen (secondary N) is 1. The van der Waals surface area contributed by atoms with Gasteiger partial charge in [-0.3, -0.25) is 14.8 Å². The predicted octanol–water partition coefficient (Wildman–Crippen LogP) is 3.15. The van der Waals surface area contributed by atoms with E-state index < -0.39 is 9.84 Å². The molecule has 9 heteroatoms. The number of anilines is 1. The van der Waals surface area contributed by atoms with Gasteiger partial charge in [-0.25, -0.2) is 13.4 Å². The van der Waals surface area contributed by atoms with Crippen molar-refractivity contribution in [1.82, 2.24) is 20.3 Å². The quantitative estimate of drug-likeness (QED) is 0.438. The molecule has 0 unspecified atom stereocenters. The van der Waals surface area contributed by atoms with E-state index in [0.717, 1.165) is 27.8 Å². The second-order valence-corrected chi connectivity index (χ2v) is 10.3.